The van der Waals surface area contributed by atoms with Crippen molar-refractivity contribution in [3.05, 3.63) is 109 Å². The van der Waals surface area contributed by atoms with Gasteiger partial charge >= 0.3 is 0 Å². The minimum Gasteiger partial charge on any atom is -0.327 e. The van der Waals surface area contributed by atoms with Crippen LogP contribution >= 0.6 is 7.14 Å². The fraction of sp³-hybridized carbons (Fsp3) is 0.192. The van der Waals surface area contributed by atoms with Crippen LogP contribution in [0.4, 0.5) is 0 Å². The Morgan fingerprint density at radius 1 is 0.900 bits per heavy atom. The van der Waals surface area contributed by atoms with Gasteiger partial charge < -0.3 is 9.46 Å². The van der Waals surface area contributed by atoms with E-state index in [9.17, 15) is 9.36 Å². The fourth-order valence-corrected chi connectivity index (χ4v) is 6.10. The van der Waals surface area contributed by atoms with E-state index >= 15 is 0 Å². The van der Waals surface area contributed by atoms with Crippen LogP contribution in [0, 0.1) is 0 Å². The number of benzene rings is 3. The largest absolute Gasteiger partial charge is 0.327 e. The van der Waals surface area contributed by atoms with Crippen LogP contribution in [-0.4, -0.2) is 17.1 Å². The number of carbonyl (C=O) groups is 1. The normalized spacial score (nSPS) is 11.3. The van der Waals surface area contributed by atoms with Crippen LogP contribution in [0.25, 0.3) is 0 Å². The lowest BCUT2D eigenvalue weighted by atomic mass is 10.0. The van der Waals surface area contributed by atoms with Gasteiger partial charge in [-0.2, -0.15) is 0 Å². The molecule has 1 amide bonds. The number of carbonyl (C=O) groups excluding carboxylic acids is 1. The van der Waals surface area contributed by atoms with E-state index in [0.717, 1.165) is 16.2 Å². The first-order valence-corrected chi connectivity index (χ1v) is 12.0. The average molecular weight is 417 g/mol. The van der Waals surface area contributed by atoms with Gasteiger partial charge in [-0.15, -0.1) is 0 Å². The van der Waals surface area contributed by atoms with E-state index in [2.05, 4.69) is 32.6 Å². The first kappa shape index (κ1) is 21.8. The van der Waals surface area contributed by atoms with Crippen LogP contribution in [-0.2, 0) is 15.9 Å². The molecule has 0 spiro atoms. The lowest BCUT2D eigenvalue weighted by Crippen LogP contribution is -2.34. The van der Waals surface area contributed by atoms with E-state index in [0.29, 0.717) is 12.5 Å². The third-order valence-electron chi connectivity index (χ3n) is 5.22. The third kappa shape index (κ3) is 4.98. The molecular formula is C26H28NO2P. The summed E-state index contributed by atoms with van der Waals surface area (Å²) in [6, 6.07) is 27.1. The van der Waals surface area contributed by atoms with Crippen molar-refractivity contribution in [1.82, 2.24) is 4.90 Å². The lowest BCUT2D eigenvalue weighted by Gasteiger charge is -2.28. The Bertz CT molecular complexity index is 984. The molecular weight excluding hydrogens is 389 g/mol. The van der Waals surface area contributed by atoms with E-state index in [-0.39, 0.29) is 12.2 Å². The maximum absolute atomic E-state index is 14.4. The third-order valence-corrected chi connectivity index (χ3v) is 8.23. The molecule has 0 heterocycles. The van der Waals surface area contributed by atoms with Crippen LogP contribution in [0.2, 0.25) is 0 Å². The summed E-state index contributed by atoms with van der Waals surface area (Å²) in [7, 11) is -3.05. The molecule has 0 radical (unpaired) electrons. The second kappa shape index (κ2) is 9.73. The molecule has 0 aliphatic rings. The summed E-state index contributed by atoms with van der Waals surface area (Å²) in [6.07, 6.45) is 1.42. The quantitative estimate of drug-likeness (QED) is 0.369. The molecule has 0 aromatic heterocycles. The first-order chi connectivity index (χ1) is 14.4. The van der Waals surface area contributed by atoms with Crippen molar-refractivity contribution in [3.63, 3.8) is 0 Å². The Morgan fingerprint density at radius 2 is 1.40 bits per heavy atom. The Morgan fingerprint density at radius 3 is 1.83 bits per heavy atom. The molecule has 0 saturated carbocycles. The summed E-state index contributed by atoms with van der Waals surface area (Å²) in [4.78, 5) is 14.4. The summed E-state index contributed by atoms with van der Waals surface area (Å²) >= 11 is 0. The molecule has 3 nitrogen and oxygen atoms in total. The molecule has 0 aliphatic heterocycles. The topological polar surface area (TPSA) is 37.4 Å². The van der Waals surface area contributed by atoms with Crippen molar-refractivity contribution >= 4 is 23.7 Å². The van der Waals surface area contributed by atoms with E-state index < -0.39 is 7.14 Å². The Kier molecular flexibility index (Phi) is 7.07. The summed E-state index contributed by atoms with van der Waals surface area (Å²) < 4.78 is 14.4. The van der Waals surface area contributed by atoms with Gasteiger partial charge in [-0.3, -0.25) is 4.79 Å². The molecule has 30 heavy (non-hydrogen) atoms. The Balaban J connectivity index is 1.97. The molecule has 0 aliphatic carbocycles. The zero-order valence-corrected chi connectivity index (χ0v) is 18.5. The zero-order chi connectivity index (χ0) is 21.6. The minimum atomic E-state index is -3.05. The van der Waals surface area contributed by atoms with E-state index in [4.69, 9.17) is 0 Å². The highest BCUT2D eigenvalue weighted by Crippen LogP contribution is 2.44. The van der Waals surface area contributed by atoms with Gasteiger partial charge in [0, 0.05) is 17.2 Å². The summed E-state index contributed by atoms with van der Waals surface area (Å²) in [6.45, 7) is 8.34. The number of nitrogens with zero attached hydrogens (tertiary/aromatic N) is 1. The second-order valence-electron chi connectivity index (χ2n) is 7.69. The van der Waals surface area contributed by atoms with Gasteiger partial charge in [-0.25, -0.2) is 0 Å². The molecule has 0 fully saturated rings. The fourth-order valence-electron chi connectivity index (χ4n) is 3.45. The molecule has 0 saturated heterocycles. The van der Waals surface area contributed by atoms with E-state index in [1.54, 1.807) is 4.90 Å². The van der Waals surface area contributed by atoms with Gasteiger partial charge in [0.2, 0.25) is 5.91 Å². The smallest absolute Gasteiger partial charge is 0.246 e. The first-order valence-electron chi connectivity index (χ1n) is 10.1. The number of amides is 1. The monoisotopic (exact) mass is 417 g/mol. The van der Waals surface area contributed by atoms with Gasteiger partial charge in [0.25, 0.3) is 0 Å². The predicted molar refractivity (Wildman–Crippen MR) is 126 cm³/mol. The van der Waals surface area contributed by atoms with Gasteiger partial charge in [-0.05, 0) is 23.1 Å². The van der Waals surface area contributed by atoms with Crippen molar-refractivity contribution in [2.45, 2.75) is 26.3 Å². The van der Waals surface area contributed by atoms with Crippen LogP contribution in [0.1, 0.15) is 30.9 Å². The summed E-state index contributed by atoms with van der Waals surface area (Å²) in [5.74, 6) is 0.219. The molecule has 4 heteroatoms. The molecule has 3 aromatic rings. The van der Waals surface area contributed by atoms with Gasteiger partial charge in [0.15, 0.2) is 7.14 Å². The molecule has 3 aromatic carbocycles. The van der Waals surface area contributed by atoms with Crippen LogP contribution in [0.3, 0.4) is 0 Å². The number of hydrogen-bond acceptors (Lipinski definition) is 2. The second-order valence-corrected chi connectivity index (χ2v) is 10.5. The van der Waals surface area contributed by atoms with Crippen LogP contribution < -0.4 is 10.6 Å². The average Bonchev–Trinajstić information content (AvgIpc) is 2.79. The standard InChI is InChI=1S/C26H28NO2P/c1-4-26(28)27(19-22-15-17-23(18-16-22)21(2)3)20-30(29,24-11-7-5-8-12-24)25-13-9-6-10-14-25/h4-18,21H,1,19-20H2,2-3H3. The van der Waals surface area contributed by atoms with Gasteiger partial charge in [-0.1, -0.05) is 105 Å². The zero-order valence-electron chi connectivity index (χ0n) is 17.6. The molecule has 154 valence electrons. The molecule has 0 bridgehead atoms. The van der Waals surface area contributed by atoms with Crippen LogP contribution in [0.15, 0.2) is 97.6 Å². The number of rotatable bonds is 8. The van der Waals surface area contributed by atoms with Gasteiger partial charge in [0.1, 0.15) is 0 Å². The maximum atomic E-state index is 14.4. The minimum absolute atomic E-state index is 0.123. The summed E-state index contributed by atoms with van der Waals surface area (Å²) in [5.41, 5.74) is 2.25. The van der Waals surface area contributed by atoms with Crippen molar-refractivity contribution in [2.75, 3.05) is 6.29 Å². The van der Waals surface area contributed by atoms with Crippen LogP contribution in [0.5, 0.6) is 0 Å². The molecule has 0 N–H and O–H groups in total. The Labute approximate surface area is 179 Å². The SMILES string of the molecule is C=CC(=O)N(Cc1ccc(C(C)C)cc1)CP(=O)(c1ccccc1)c1ccccc1. The Hall–Kier alpha value is -2.90. The lowest BCUT2D eigenvalue weighted by molar-refractivity contribution is -0.125. The summed E-state index contributed by atoms with van der Waals surface area (Å²) in [5, 5.41) is 1.49. The highest BCUT2D eigenvalue weighted by molar-refractivity contribution is 7.78. The van der Waals surface area contributed by atoms with Crippen molar-refractivity contribution in [2.24, 2.45) is 0 Å². The highest BCUT2D eigenvalue weighted by Gasteiger charge is 2.31. The van der Waals surface area contributed by atoms with Crippen molar-refractivity contribution in [3.8, 4) is 0 Å². The molecule has 0 atom stereocenters. The maximum Gasteiger partial charge on any atom is 0.246 e. The predicted octanol–water partition coefficient (Wildman–Crippen LogP) is 5.30. The molecule has 0 unspecified atom stereocenters. The highest BCUT2D eigenvalue weighted by atomic mass is 31.2. The van der Waals surface area contributed by atoms with Crippen molar-refractivity contribution < 1.29 is 9.36 Å². The van der Waals surface area contributed by atoms with E-state index in [1.165, 1.54) is 11.6 Å². The van der Waals surface area contributed by atoms with Crippen molar-refractivity contribution in [1.29, 1.82) is 0 Å². The van der Waals surface area contributed by atoms with E-state index in [1.807, 2.05) is 72.8 Å². The van der Waals surface area contributed by atoms with Gasteiger partial charge in [0.05, 0.1) is 6.29 Å². The number of hydrogen-bond donors (Lipinski definition) is 0. The molecule has 3 rings (SSSR count).